The summed E-state index contributed by atoms with van der Waals surface area (Å²) in [6.45, 7) is -0.211. The second-order valence-corrected chi connectivity index (χ2v) is 2.74. The number of benzene rings is 1. The maximum Gasteiger partial charge on any atom is 0.311 e. The van der Waals surface area contributed by atoms with Crippen molar-refractivity contribution in [3.63, 3.8) is 0 Å². The fraction of sp³-hybridized carbons (Fsp3) is 0.222. The summed E-state index contributed by atoms with van der Waals surface area (Å²) in [7, 11) is 1.27. The maximum absolute atomic E-state index is 11.3. The Morgan fingerprint density at radius 1 is 1.60 bits per heavy atom. The fourth-order valence-electron chi connectivity index (χ4n) is 1.21. The maximum atomic E-state index is 11.3. The van der Waals surface area contributed by atoms with Crippen molar-refractivity contribution in [3.05, 3.63) is 33.9 Å². The van der Waals surface area contributed by atoms with Crippen molar-refractivity contribution in [3.8, 4) is 5.75 Å². The highest BCUT2D eigenvalue weighted by molar-refractivity contribution is 6.01. The van der Waals surface area contributed by atoms with Crippen LogP contribution in [0.25, 0.3) is 0 Å². The number of nitro benzene ring substituents is 1. The number of para-hydroxylation sites is 1. The third-order valence-electron chi connectivity index (χ3n) is 1.88. The molecule has 0 spiro atoms. The van der Waals surface area contributed by atoms with E-state index in [0.717, 1.165) is 0 Å². The van der Waals surface area contributed by atoms with Crippen LogP contribution in [0.1, 0.15) is 10.4 Å². The average Bonchev–Trinajstić information content (AvgIpc) is 2.26. The molecule has 0 saturated carbocycles. The molecule has 1 aromatic carbocycles. The number of carbonyl (C=O) groups is 1. The van der Waals surface area contributed by atoms with Crippen molar-refractivity contribution >= 4 is 11.5 Å². The van der Waals surface area contributed by atoms with Crippen LogP contribution < -0.4 is 10.5 Å². The fourth-order valence-corrected chi connectivity index (χ4v) is 1.21. The van der Waals surface area contributed by atoms with Crippen molar-refractivity contribution in [1.82, 2.24) is 0 Å². The summed E-state index contributed by atoms with van der Waals surface area (Å²) in [5.41, 5.74) is 5.07. The highest BCUT2D eigenvalue weighted by Gasteiger charge is 2.21. The quantitative estimate of drug-likeness (QED) is 0.449. The standard InChI is InChI=1S/C9H10N2O4/c1-15-9-6(8(12)5-10)3-2-4-7(9)11(13)14/h2-4H,5,10H2,1H3. The van der Waals surface area contributed by atoms with Gasteiger partial charge in [0.05, 0.1) is 24.1 Å². The summed E-state index contributed by atoms with van der Waals surface area (Å²) in [6, 6.07) is 4.14. The molecule has 0 aliphatic carbocycles. The second-order valence-electron chi connectivity index (χ2n) is 2.74. The molecule has 1 aromatic rings. The van der Waals surface area contributed by atoms with Crippen LogP contribution in [0.5, 0.6) is 5.75 Å². The normalized spacial score (nSPS) is 9.73. The predicted octanol–water partition coefficient (Wildman–Crippen LogP) is 0.745. The Kier molecular flexibility index (Phi) is 3.35. The first-order valence-electron chi connectivity index (χ1n) is 4.16. The van der Waals surface area contributed by atoms with Crippen molar-refractivity contribution in [2.24, 2.45) is 5.73 Å². The van der Waals surface area contributed by atoms with E-state index >= 15 is 0 Å². The molecule has 0 unspecified atom stereocenters. The number of nitrogens with two attached hydrogens (primary N) is 1. The lowest BCUT2D eigenvalue weighted by molar-refractivity contribution is -0.385. The minimum atomic E-state index is -0.605. The number of rotatable bonds is 4. The zero-order chi connectivity index (χ0) is 11.4. The smallest absolute Gasteiger partial charge is 0.311 e. The SMILES string of the molecule is COc1c(C(=O)CN)cccc1[N+](=O)[O-]. The molecule has 0 atom stereocenters. The predicted molar refractivity (Wildman–Crippen MR) is 53.0 cm³/mol. The molecule has 0 saturated heterocycles. The molecule has 0 aromatic heterocycles. The molecule has 80 valence electrons. The summed E-state index contributed by atoms with van der Waals surface area (Å²) >= 11 is 0. The van der Waals surface area contributed by atoms with E-state index in [4.69, 9.17) is 10.5 Å². The lowest BCUT2D eigenvalue weighted by Gasteiger charge is -2.06. The van der Waals surface area contributed by atoms with Crippen LogP contribution in [0.15, 0.2) is 18.2 Å². The van der Waals surface area contributed by atoms with Gasteiger partial charge in [-0.25, -0.2) is 0 Å². The minimum absolute atomic E-state index is 0.0436. The van der Waals surface area contributed by atoms with Crippen LogP contribution in [0.3, 0.4) is 0 Å². The third kappa shape index (κ3) is 2.10. The summed E-state index contributed by atoms with van der Waals surface area (Å²) < 4.78 is 4.84. The number of nitro groups is 1. The van der Waals surface area contributed by atoms with E-state index in [1.54, 1.807) is 0 Å². The van der Waals surface area contributed by atoms with Gasteiger partial charge in [-0.2, -0.15) is 0 Å². The Bertz CT molecular complexity index is 403. The second kappa shape index (κ2) is 4.52. The van der Waals surface area contributed by atoms with Gasteiger partial charge in [0.1, 0.15) is 0 Å². The minimum Gasteiger partial charge on any atom is -0.490 e. The van der Waals surface area contributed by atoms with Crippen LogP contribution in [0.2, 0.25) is 0 Å². The molecule has 0 aliphatic rings. The Hall–Kier alpha value is -1.95. The van der Waals surface area contributed by atoms with Gasteiger partial charge in [-0.1, -0.05) is 6.07 Å². The number of Topliss-reactive ketones (excluding diaryl/α,β-unsaturated/α-hetero) is 1. The van der Waals surface area contributed by atoms with Crippen molar-refractivity contribution in [2.75, 3.05) is 13.7 Å². The van der Waals surface area contributed by atoms with E-state index in [-0.39, 0.29) is 23.5 Å². The van der Waals surface area contributed by atoms with Gasteiger partial charge >= 0.3 is 5.69 Å². The van der Waals surface area contributed by atoms with Gasteiger partial charge < -0.3 is 10.5 Å². The van der Waals surface area contributed by atoms with Gasteiger partial charge in [0, 0.05) is 6.07 Å². The highest BCUT2D eigenvalue weighted by atomic mass is 16.6. The molecule has 15 heavy (non-hydrogen) atoms. The van der Waals surface area contributed by atoms with Gasteiger partial charge in [-0.15, -0.1) is 0 Å². The summed E-state index contributed by atoms with van der Waals surface area (Å²) in [6.07, 6.45) is 0. The van der Waals surface area contributed by atoms with Crippen molar-refractivity contribution in [1.29, 1.82) is 0 Å². The molecule has 0 fully saturated rings. The highest BCUT2D eigenvalue weighted by Crippen LogP contribution is 2.30. The third-order valence-corrected chi connectivity index (χ3v) is 1.88. The molecule has 0 aliphatic heterocycles. The van der Waals surface area contributed by atoms with E-state index in [1.807, 2.05) is 0 Å². The van der Waals surface area contributed by atoms with E-state index in [0.29, 0.717) is 0 Å². The number of hydrogen-bond acceptors (Lipinski definition) is 5. The zero-order valence-corrected chi connectivity index (χ0v) is 8.10. The van der Waals surface area contributed by atoms with Crippen molar-refractivity contribution < 1.29 is 14.5 Å². The molecule has 0 radical (unpaired) electrons. The molecule has 0 bridgehead atoms. The first kappa shape index (κ1) is 11.1. The molecule has 6 heteroatoms. The monoisotopic (exact) mass is 210 g/mol. The van der Waals surface area contributed by atoms with Gasteiger partial charge in [0.2, 0.25) is 5.75 Å². The molecule has 2 N–H and O–H groups in total. The Morgan fingerprint density at radius 2 is 2.27 bits per heavy atom. The number of hydrogen-bond donors (Lipinski definition) is 1. The van der Waals surface area contributed by atoms with E-state index < -0.39 is 10.7 Å². The van der Waals surface area contributed by atoms with Crippen molar-refractivity contribution in [2.45, 2.75) is 0 Å². The van der Waals surface area contributed by atoms with Crippen LogP contribution in [0.4, 0.5) is 5.69 Å². The van der Waals surface area contributed by atoms with E-state index in [2.05, 4.69) is 0 Å². The van der Waals surface area contributed by atoms with Crippen LogP contribution in [-0.2, 0) is 0 Å². The Labute approximate surface area is 85.8 Å². The summed E-state index contributed by atoms with van der Waals surface area (Å²) in [5.74, 6) is -0.437. The molecule has 0 heterocycles. The zero-order valence-electron chi connectivity index (χ0n) is 8.10. The number of nitrogens with zero attached hydrogens (tertiary/aromatic N) is 1. The number of methoxy groups -OCH3 is 1. The number of ketones is 1. The van der Waals surface area contributed by atoms with E-state index in [1.165, 1.54) is 25.3 Å². The van der Waals surface area contributed by atoms with Gasteiger partial charge in [-0.3, -0.25) is 14.9 Å². The average molecular weight is 210 g/mol. The van der Waals surface area contributed by atoms with Crippen LogP contribution in [0, 0.1) is 10.1 Å². The molecule has 1 rings (SSSR count). The van der Waals surface area contributed by atoms with Gasteiger partial charge in [0.25, 0.3) is 0 Å². The summed E-state index contributed by atoms with van der Waals surface area (Å²) in [5, 5.41) is 10.6. The molecule has 6 nitrogen and oxygen atoms in total. The summed E-state index contributed by atoms with van der Waals surface area (Å²) in [4.78, 5) is 21.4. The first-order valence-corrected chi connectivity index (χ1v) is 4.16. The number of ether oxygens (including phenoxy) is 1. The van der Waals surface area contributed by atoms with E-state index in [9.17, 15) is 14.9 Å². The Morgan fingerprint density at radius 3 is 2.73 bits per heavy atom. The molecule has 0 amide bonds. The van der Waals surface area contributed by atoms with Crippen LogP contribution >= 0.6 is 0 Å². The van der Waals surface area contributed by atoms with Crippen LogP contribution in [-0.4, -0.2) is 24.4 Å². The lowest BCUT2D eigenvalue weighted by Crippen LogP contribution is -2.15. The molecular formula is C9H10N2O4. The topological polar surface area (TPSA) is 95.5 Å². The largest absolute Gasteiger partial charge is 0.490 e. The van der Waals surface area contributed by atoms with Gasteiger partial charge in [0.15, 0.2) is 5.78 Å². The number of carbonyl (C=O) groups excluding carboxylic acids is 1. The lowest BCUT2D eigenvalue weighted by atomic mass is 10.1. The Balaban J connectivity index is 3.34. The molecular weight excluding hydrogens is 200 g/mol. The van der Waals surface area contributed by atoms with Gasteiger partial charge in [-0.05, 0) is 6.07 Å². The first-order chi connectivity index (χ1) is 7.11.